The number of pyridine rings is 1. The number of rotatable bonds is 7. The second-order valence-corrected chi connectivity index (χ2v) is 6.38. The second-order valence-electron chi connectivity index (χ2n) is 6.38. The van der Waals surface area contributed by atoms with E-state index in [9.17, 15) is 4.79 Å². The molecule has 3 rings (SSSR count). The van der Waals surface area contributed by atoms with Crippen LogP contribution in [0.3, 0.4) is 0 Å². The average Bonchev–Trinajstić information content (AvgIpc) is 3.20. The number of hydrogen-bond donors (Lipinski definition) is 1. The fourth-order valence-corrected chi connectivity index (χ4v) is 3.03. The van der Waals surface area contributed by atoms with Crippen LogP contribution in [0.1, 0.15) is 24.0 Å². The molecule has 26 heavy (non-hydrogen) atoms. The Hall–Kier alpha value is -2.60. The summed E-state index contributed by atoms with van der Waals surface area (Å²) >= 11 is 0. The number of methoxy groups -OCH3 is 1. The number of nitrogens with one attached hydrogen (secondary N) is 1. The summed E-state index contributed by atoms with van der Waals surface area (Å²) in [5, 5.41) is 2.99. The Morgan fingerprint density at radius 1 is 1.31 bits per heavy atom. The Bertz CT molecular complexity index is 702. The molecule has 0 saturated carbocycles. The molecule has 1 unspecified atom stereocenters. The van der Waals surface area contributed by atoms with Crippen LogP contribution in [0.5, 0.6) is 5.75 Å². The van der Waals surface area contributed by atoms with Crippen LogP contribution >= 0.6 is 0 Å². The highest BCUT2D eigenvalue weighted by molar-refractivity contribution is 5.74. The molecule has 0 bridgehead atoms. The minimum absolute atomic E-state index is 0.0971. The molecule has 1 saturated heterocycles. The molecule has 1 aliphatic heterocycles. The number of aromatic nitrogens is 1. The summed E-state index contributed by atoms with van der Waals surface area (Å²) in [6, 6.07) is 11.5. The SMILES string of the molecule is COc1cccc(CN(CC2CCCO2)C(=O)NCc2ccncc2)c1. The van der Waals surface area contributed by atoms with Crippen LogP contribution in [-0.4, -0.2) is 42.3 Å². The largest absolute Gasteiger partial charge is 0.497 e. The first-order valence-electron chi connectivity index (χ1n) is 8.91. The summed E-state index contributed by atoms with van der Waals surface area (Å²) in [4.78, 5) is 18.6. The van der Waals surface area contributed by atoms with Gasteiger partial charge in [-0.3, -0.25) is 4.98 Å². The average molecular weight is 355 g/mol. The van der Waals surface area contributed by atoms with Crippen LogP contribution in [0.2, 0.25) is 0 Å². The Balaban J connectivity index is 1.65. The van der Waals surface area contributed by atoms with Gasteiger partial charge in [0.05, 0.1) is 13.2 Å². The third kappa shape index (κ3) is 5.20. The Labute approximate surface area is 154 Å². The summed E-state index contributed by atoms with van der Waals surface area (Å²) < 4.78 is 11.0. The molecule has 1 aromatic carbocycles. The van der Waals surface area contributed by atoms with Crippen LogP contribution < -0.4 is 10.1 Å². The van der Waals surface area contributed by atoms with Crippen LogP contribution in [0.15, 0.2) is 48.8 Å². The number of benzene rings is 1. The molecule has 1 N–H and O–H groups in total. The first kappa shape index (κ1) is 18.2. The van der Waals surface area contributed by atoms with Gasteiger partial charge in [0.1, 0.15) is 5.75 Å². The van der Waals surface area contributed by atoms with Crippen molar-refractivity contribution in [1.29, 1.82) is 0 Å². The molecule has 0 spiro atoms. The van der Waals surface area contributed by atoms with Gasteiger partial charge >= 0.3 is 6.03 Å². The van der Waals surface area contributed by atoms with E-state index in [0.717, 1.165) is 36.3 Å². The molecular weight excluding hydrogens is 330 g/mol. The zero-order chi connectivity index (χ0) is 18.2. The molecule has 1 aromatic heterocycles. The highest BCUT2D eigenvalue weighted by Crippen LogP contribution is 2.18. The zero-order valence-electron chi connectivity index (χ0n) is 15.1. The highest BCUT2D eigenvalue weighted by Gasteiger charge is 2.22. The Morgan fingerprint density at radius 2 is 2.15 bits per heavy atom. The summed E-state index contributed by atoms with van der Waals surface area (Å²) in [6.07, 6.45) is 5.60. The second kappa shape index (κ2) is 9.20. The number of amides is 2. The summed E-state index contributed by atoms with van der Waals surface area (Å²) in [5.74, 6) is 0.789. The number of nitrogens with zero attached hydrogens (tertiary/aromatic N) is 2. The van der Waals surface area contributed by atoms with Gasteiger partial charge < -0.3 is 19.7 Å². The quantitative estimate of drug-likeness (QED) is 0.829. The molecule has 0 aliphatic carbocycles. The van der Waals surface area contributed by atoms with Crippen LogP contribution in [-0.2, 0) is 17.8 Å². The van der Waals surface area contributed by atoms with E-state index in [0.29, 0.717) is 19.6 Å². The molecule has 6 nitrogen and oxygen atoms in total. The Kier molecular flexibility index (Phi) is 6.44. The van der Waals surface area contributed by atoms with E-state index in [2.05, 4.69) is 10.3 Å². The minimum atomic E-state index is -0.0971. The monoisotopic (exact) mass is 355 g/mol. The van der Waals surface area contributed by atoms with Gasteiger partial charge in [0.15, 0.2) is 0 Å². The molecule has 138 valence electrons. The van der Waals surface area contributed by atoms with Crippen molar-refractivity contribution in [3.63, 3.8) is 0 Å². The van der Waals surface area contributed by atoms with Crippen LogP contribution in [0.25, 0.3) is 0 Å². The van der Waals surface area contributed by atoms with Crippen molar-refractivity contribution in [2.75, 3.05) is 20.3 Å². The van der Waals surface area contributed by atoms with E-state index in [-0.39, 0.29) is 12.1 Å². The van der Waals surface area contributed by atoms with Crippen LogP contribution in [0, 0.1) is 0 Å². The predicted molar refractivity (Wildman–Crippen MR) is 98.9 cm³/mol. The van der Waals surface area contributed by atoms with Crippen molar-refractivity contribution in [3.8, 4) is 5.75 Å². The topological polar surface area (TPSA) is 63.7 Å². The van der Waals surface area contributed by atoms with Crippen molar-refractivity contribution in [1.82, 2.24) is 15.2 Å². The molecule has 6 heteroatoms. The molecule has 2 amide bonds. The normalized spacial score (nSPS) is 16.3. The van der Waals surface area contributed by atoms with Gasteiger partial charge in [-0.05, 0) is 48.2 Å². The van der Waals surface area contributed by atoms with E-state index >= 15 is 0 Å². The lowest BCUT2D eigenvalue weighted by atomic mass is 10.2. The maximum atomic E-state index is 12.8. The lowest BCUT2D eigenvalue weighted by Crippen LogP contribution is -2.43. The zero-order valence-corrected chi connectivity index (χ0v) is 15.1. The first-order valence-corrected chi connectivity index (χ1v) is 8.91. The number of carbonyl (C=O) groups is 1. The summed E-state index contributed by atoms with van der Waals surface area (Å²) in [7, 11) is 1.64. The smallest absolute Gasteiger partial charge is 0.318 e. The fourth-order valence-electron chi connectivity index (χ4n) is 3.03. The lowest BCUT2D eigenvalue weighted by molar-refractivity contribution is 0.0794. The summed E-state index contributed by atoms with van der Waals surface area (Å²) in [5.41, 5.74) is 2.05. The predicted octanol–water partition coefficient (Wildman–Crippen LogP) is 2.98. The van der Waals surface area contributed by atoms with Crippen LogP contribution in [0.4, 0.5) is 4.79 Å². The summed E-state index contributed by atoms with van der Waals surface area (Å²) in [6.45, 7) is 2.34. The van der Waals surface area contributed by atoms with Crippen molar-refractivity contribution < 1.29 is 14.3 Å². The van der Waals surface area contributed by atoms with Crippen molar-refractivity contribution in [3.05, 3.63) is 59.9 Å². The fraction of sp³-hybridized carbons (Fsp3) is 0.400. The number of hydrogen-bond acceptors (Lipinski definition) is 4. The molecule has 2 heterocycles. The standard InChI is InChI=1S/C20H25N3O3/c1-25-18-5-2-4-17(12-18)14-23(15-19-6-3-11-26-19)20(24)22-13-16-7-9-21-10-8-16/h2,4-5,7-10,12,19H,3,6,11,13-15H2,1H3,(H,22,24). The molecule has 0 radical (unpaired) electrons. The lowest BCUT2D eigenvalue weighted by Gasteiger charge is -2.26. The molecule has 1 aliphatic rings. The van der Waals surface area contributed by atoms with Crippen molar-refractivity contribution in [2.45, 2.75) is 32.0 Å². The molecule has 2 aromatic rings. The molecule has 1 atom stereocenters. The minimum Gasteiger partial charge on any atom is -0.497 e. The van der Waals surface area contributed by atoms with Gasteiger partial charge in [-0.2, -0.15) is 0 Å². The van der Waals surface area contributed by atoms with Gasteiger partial charge in [0, 0.05) is 38.6 Å². The van der Waals surface area contributed by atoms with E-state index in [4.69, 9.17) is 9.47 Å². The van der Waals surface area contributed by atoms with E-state index in [1.165, 1.54) is 0 Å². The van der Waals surface area contributed by atoms with E-state index < -0.39 is 0 Å². The number of urea groups is 1. The molecular formula is C20H25N3O3. The first-order chi connectivity index (χ1) is 12.7. The maximum absolute atomic E-state index is 12.8. The highest BCUT2D eigenvalue weighted by atomic mass is 16.5. The maximum Gasteiger partial charge on any atom is 0.318 e. The van der Waals surface area contributed by atoms with Gasteiger partial charge in [0.2, 0.25) is 0 Å². The van der Waals surface area contributed by atoms with E-state index in [1.54, 1.807) is 19.5 Å². The third-order valence-corrected chi connectivity index (χ3v) is 4.44. The number of ether oxygens (including phenoxy) is 2. The van der Waals surface area contributed by atoms with Crippen molar-refractivity contribution >= 4 is 6.03 Å². The van der Waals surface area contributed by atoms with E-state index in [1.807, 2.05) is 41.3 Å². The van der Waals surface area contributed by atoms with Gasteiger partial charge in [0.25, 0.3) is 0 Å². The van der Waals surface area contributed by atoms with Gasteiger partial charge in [-0.15, -0.1) is 0 Å². The number of carbonyl (C=O) groups excluding carboxylic acids is 1. The third-order valence-electron chi connectivity index (χ3n) is 4.44. The van der Waals surface area contributed by atoms with Gasteiger partial charge in [-0.1, -0.05) is 12.1 Å². The Morgan fingerprint density at radius 3 is 2.88 bits per heavy atom. The van der Waals surface area contributed by atoms with Crippen molar-refractivity contribution in [2.24, 2.45) is 0 Å². The molecule has 1 fully saturated rings. The van der Waals surface area contributed by atoms with Gasteiger partial charge in [-0.25, -0.2) is 4.79 Å².